The molecule has 2 N–H and O–H groups in total. The van der Waals surface area contributed by atoms with Crippen molar-refractivity contribution in [3.63, 3.8) is 0 Å². The van der Waals surface area contributed by atoms with Gasteiger partial charge in [0.2, 0.25) is 5.91 Å². The molecule has 0 radical (unpaired) electrons. The molecular weight excluding hydrogens is 292 g/mol. The lowest BCUT2D eigenvalue weighted by Gasteiger charge is -2.36. The van der Waals surface area contributed by atoms with E-state index in [2.05, 4.69) is 19.2 Å². The van der Waals surface area contributed by atoms with Crippen LogP contribution >= 0.6 is 0 Å². The largest absolute Gasteiger partial charge is 0.550 e. The smallest absolute Gasteiger partial charge is 0.224 e. The number of piperidine rings is 1. The molecule has 130 valence electrons. The number of quaternary nitrogens is 1. The molecule has 0 bridgehead atoms. The summed E-state index contributed by atoms with van der Waals surface area (Å²) < 4.78 is 0. The van der Waals surface area contributed by atoms with Crippen LogP contribution in [0.2, 0.25) is 0 Å². The van der Waals surface area contributed by atoms with Gasteiger partial charge in [-0.3, -0.25) is 4.79 Å². The molecule has 1 aliphatic heterocycles. The van der Waals surface area contributed by atoms with Crippen LogP contribution in [-0.4, -0.2) is 37.0 Å². The lowest BCUT2D eigenvalue weighted by atomic mass is 9.76. The first-order valence-electron chi connectivity index (χ1n) is 8.80. The van der Waals surface area contributed by atoms with Crippen molar-refractivity contribution in [3.8, 4) is 0 Å². The second-order valence-electron chi connectivity index (χ2n) is 7.60. The molecule has 1 amide bonds. The Balaban J connectivity index is 1.96. The van der Waals surface area contributed by atoms with Gasteiger partial charge >= 0.3 is 0 Å². The van der Waals surface area contributed by atoms with Crippen LogP contribution in [-0.2, 0) is 9.59 Å². The molecule has 0 spiro atoms. The molecule has 5 heteroatoms. The summed E-state index contributed by atoms with van der Waals surface area (Å²) in [5, 5.41) is 14.5. The highest BCUT2D eigenvalue weighted by atomic mass is 16.4. The standard InChI is InChI=1S/C18H30N2O3/c1-11(2)20-7-5-14(6-8-20)19-17(21)15-9-12(3)13(4)10-16(15)18(22)23/h11,14-16H,5-10H2,1-4H3,(H,19,21)(H,22,23)/t15-,16+/m0/s1. The van der Waals surface area contributed by atoms with Gasteiger partial charge in [-0.2, -0.15) is 0 Å². The number of allylic oxidation sites excluding steroid dienone is 2. The van der Waals surface area contributed by atoms with E-state index in [0.29, 0.717) is 18.9 Å². The van der Waals surface area contributed by atoms with Crippen molar-refractivity contribution in [1.82, 2.24) is 5.32 Å². The molecule has 0 saturated carbocycles. The Bertz CT molecular complexity index is 490. The Labute approximate surface area is 139 Å². The summed E-state index contributed by atoms with van der Waals surface area (Å²) in [6.07, 6.45) is 2.90. The van der Waals surface area contributed by atoms with Crippen LogP contribution in [0.5, 0.6) is 0 Å². The number of carbonyl (C=O) groups is 2. The average molecular weight is 322 g/mol. The summed E-state index contributed by atoms with van der Waals surface area (Å²) >= 11 is 0. The highest BCUT2D eigenvalue weighted by Crippen LogP contribution is 2.34. The van der Waals surface area contributed by atoms with Crippen LogP contribution in [0.15, 0.2) is 11.1 Å². The quantitative estimate of drug-likeness (QED) is 0.696. The molecule has 1 saturated heterocycles. The monoisotopic (exact) mass is 322 g/mol. The van der Waals surface area contributed by atoms with Crippen molar-refractivity contribution in [2.75, 3.05) is 13.1 Å². The number of carboxylic acids is 1. The van der Waals surface area contributed by atoms with Crippen LogP contribution in [0.3, 0.4) is 0 Å². The number of nitrogens with one attached hydrogen (secondary N) is 2. The minimum absolute atomic E-state index is 0.107. The van der Waals surface area contributed by atoms with E-state index in [4.69, 9.17) is 0 Å². The molecule has 23 heavy (non-hydrogen) atoms. The molecule has 0 aromatic carbocycles. The molecule has 2 atom stereocenters. The lowest BCUT2D eigenvalue weighted by Crippen LogP contribution is -3.16. The fourth-order valence-corrected chi connectivity index (χ4v) is 3.83. The fraction of sp³-hybridized carbons (Fsp3) is 0.778. The molecule has 0 aromatic rings. The van der Waals surface area contributed by atoms with Gasteiger partial charge in [0.15, 0.2) is 0 Å². The fourth-order valence-electron chi connectivity index (χ4n) is 3.83. The van der Waals surface area contributed by atoms with Crippen LogP contribution in [0.4, 0.5) is 0 Å². The van der Waals surface area contributed by atoms with Crippen molar-refractivity contribution < 1.29 is 19.6 Å². The predicted molar refractivity (Wildman–Crippen MR) is 86.6 cm³/mol. The molecule has 1 fully saturated rings. The molecule has 2 aliphatic rings. The van der Waals surface area contributed by atoms with Gasteiger partial charge in [0, 0.05) is 36.7 Å². The first-order chi connectivity index (χ1) is 10.8. The maximum atomic E-state index is 12.6. The van der Waals surface area contributed by atoms with E-state index in [1.54, 1.807) is 4.90 Å². The zero-order valence-corrected chi connectivity index (χ0v) is 14.8. The van der Waals surface area contributed by atoms with Gasteiger partial charge in [0.25, 0.3) is 0 Å². The average Bonchev–Trinajstić information content (AvgIpc) is 2.49. The zero-order valence-electron chi connectivity index (χ0n) is 14.8. The molecule has 0 aromatic heterocycles. The number of carbonyl (C=O) groups excluding carboxylic acids is 2. The number of hydrogen-bond acceptors (Lipinski definition) is 3. The van der Waals surface area contributed by atoms with Crippen LogP contribution in [0, 0.1) is 11.8 Å². The Morgan fingerprint density at radius 3 is 2.09 bits per heavy atom. The minimum atomic E-state index is -1.10. The Morgan fingerprint density at radius 1 is 1.09 bits per heavy atom. The molecule has 1 aliphatic carbocycles. The third-order valence-electron chi connectivity index (χ3n) is 5.70. The van der Waals surface area contributed by atoms with E-state index in [9.17, 15) is 14.7 Å². The SMILES string of the molecule is CC1=C(C)C[C@@H](C(=O)[O-])[C@@H](C(=O)NC2CC[NH+](C(C)C)CC2)C1. The van der Waals surface area contributed by atoms with E-state index in [-0.39, 0.29) is 11.9 Å². The lowest BCUT2D eigenvalue weighted by molar-refractivity contribution is -0.926. The van der Waals surface area contributed by atoms with E-state index in [1.807, 2.05) is 13.8 Å². The maximum Gasteiger partial charge on any atom is 0.224 e. The second-order valence-corrected chi connectivity index (χ2v) is 7.60. The van der Waals surface area contributed by atoms with Crippen molar-refractivity contribution in [2.45, 2.75) is 65.5 Å². The summed E-state index contributed by atoms with van der Waals surface area (Å²) in [4.78, 5) is 25.6. The van der Waals surface area contributed by atoms with Crippen LogP contribution in [0.25, 0.3) is 0 Å². The van der Waals surface area contributed by atoms with Gasteiger partial charge in [-0.25, -0.2) is 0 Å². The van der Waals surface area contributed by atoms with E-state index in [1.165, 1.54) is 0 Å². The summed E-state index contributed by atoms with van der Waals surface area (Å²) in [6.45, 7) is 10.5. The third kappa shape index (κ3) is 4.34. The minimum Gasteiger partial charge on any atom is -0.550 e. The number of aliphatic carboxylic acids is 1. The van der Waals surface area contributed by atoms with Gasteiger partial charge in [0.1, 0.15) is 0 Å². The molecule has 0 unspecified atom stereocenters. The summed E-state index contributed by atoms with van der Waals surface area (Å²) in [6, 6.07) is 0.794. The molecular formula is C18H30N2O3. The van der Waals surface area contributed by atoms with Crippen molar-refractivity contribution in [1.29, 1.82) is 0 Å². The first kappa shape index (κ1) is 18.0. The molecule has 1 heterocycles. The Morgan fingerprint density at radius 2 is 1.61 bits per heavy atom. The van der Waals surface area contributed by atoms with Crippen molar-refractivity contribution in [3.05, 3.63) is 11.1 Å². The second kappa shape index (κ2) is 7.47. The number of hydrogen-bond donors (Lipinski definition) is 2. The van der Waals surface area contributed by atoms with Gasteiger partial charge < -0.3 is 20.1 Å². The van der Waals surface area contributed by atoms with Crippen LogP contribution < -0.4 is 15.3 Å². The van der Waals surface area contributed by atoms with E-state index in [0.717, 1.165) is 37.1 Å². The Kier molecular flexibility index (Phi) is 5.84. The van der Waals surface area contributed by atoms with Crippen molar-refractivity contribution >= 4 is 11.9 Å². The highest BCUT2D eigenvalue weighted by Gasteiger charge is 2.35. The highest BCUT2D eigenvalue weighted by molar-refractivity contribution is 5.85. The van der Waals surface area contributed by atoms with Gasteiger partial charge in [0.05, 0.1) is 19.1 Å². The topological polar surface area (TPSA) is 73.7 Å². The van der Waals surface area contributed by atoms with Gasteiger partial charge in [-0.05, 0) is 40.5 Å². The number of likely N-dealkylation sites (tertiary alicyclic amines) is 1. The van der Waals surface area contributed by atoms with E-state index >= 15 is 0 Å². The predicted octanol–water partition coefficient (Wildman–Crippen LogP) is -0.329. The summed E-state index contributed by atoms with van der Waals surface area (Å²) in [5.74, 6) is -2.39. The first-order valence-corrected chi connectivity index (χ1v) is 8.80. The van der Waals surface area contributed by atoms with Crippen molar-refractivity contribution in [2.24, 2.45) is 11.8 Å². The zero-order chi connectivity index (χ0) is 17.1. The number of rotatable bonds is 4. The van der Waals surface area contributed by atoms with Gasteiger partial charge in [-0.1, -0.05) is 11.1 Å². The number of carboxylic acid groups (broad SMARTS) is 1. The van der Waals surface area contributed by atoms with Crippen LogP contribution in [0.1, 0.15) is 53.4 Å². The summed E-state index contributed by atoms with van der Waals surface area (Å²) in [7, 11) is 0. The van der Waals surface area contributed by atoms with Gasteiger partial charge in [-0.15, -0.1) is 0 Å². The normalized spacial score (nSPS) is 32.0. The summed E-state index contributed by atoms with van der Waals surface area (Å²) in [5.41, 5.74) is 2.22. The molecule has 2 rings (SSSR count). The molecule has 5 nitrogen and oxygen atoms in total. The third-order valence-corrected chi connectivity index (χ3v) is 5.70. The Hall–Kier alpha value is -1.36. The number of amides is 1. The maximum absolute atomic E-state index is 12.6. The van der Waals surface area contributed by atoms with E-state index < -0.39 is 17.8 Å².